The van der Waals surface area contributed by atoms with E-state index in [0.717, 1.165) is 5.56 Å². The molecule has 0 spiro atoms. The van der Waals surface area contributed by atoms with Crippen molar-refractivity contribution in [3.63, 3.8) is 0 Å². The molecule has 3 heterocycles. The van der Waals surface area contributed by atoms with E-state index in [4.69, 9.17) is 11.6 Å². The normalized spacial score (nSPS) is 21.5. The molecule has 0 saturated carbocycles. The van der Waals surface area contributed by atoms with Gasteiger partial charge in [-0.1, -0.05) is 17.7 Å². The molecule has 0 fully saturated rings. The van der Waals surface area contributed by atoms with Crippen LogP contribution in [-0.2, 0) is 9.59 Å². The zero-order valence-electron chi connectivity index (χ0n) is 13.5. The fraction of sp³-hybridized carbons (Fsp3) is 0.105. The highest BCUT2D eigenvalue weighted by Crippen LogP contribution is 2.39. The number of fused-ring (bicyclic) bond motifs is 1. The van der Waals surface area contributed by atoms with E-state index < -0.39 is 12.0 Å². The van der Waals surface area contributed by atoms with E-state index in [-0.39, 0.29) is 12.3 Å². The molecule has 0 radical (unpaired) electrons. The number of carbonyl (C=O) groups is 2. The molecule has 1 aromatic carbocycles. The van der Waals surface area contributed by atoms with Gasteiger partial charge in [0.1, 0.15) is 6.04 Å². The van der Waals surface area contributed by atoms with E-state index in [1.807, 2.05) is 0 Å². The minimum absolute atomic E-state index is 0.205. The maximum Gasteiger partial charge on any atom is 0.326 e. The van der Waals surface area contributed by atoms with Gasteiger partial charge in [-0.25, -0.2) is 4.79 Å². The lowest BCUT2D eigenvalue weighted by atomic mass is 9.88. The molecular formula is C19H14ClN3O3. The van der Waals surface area contributed by atoms with Crippen LogP contribution in [0, 0.1) is 0 Å². The molecule has 0 aliphatic carbocycles. The Morgan fingerprint density at radius 2 is 2.19 bits per heavy atom. The fourth-order valence-electron chi connectivity index (χ4n) is 3.20. The molecule has 2 aliphatic rings. The summed E-state index contributed by atoms with van der Waals surface area (Å²) in [7, 11) is 0. The molecule has 1 amide bonds. The number of halogens is 1. The number of carboxylic acids is 1. The monoisotopic (exact) mass is 367 g/mol. The summed E-state index contributed by atoms with van der Waals surface area (Å²) < 4.78 is 0. The summed E-state index contributed by atoms with van der Waals surface area (Å²) in [6.45, 7) is 0. The molecule has 1 unspecified atom stereocenters. The average molecular weight is 368 g/mol. The maximum absolute atomic E-state index is 12.9. The number of nitrogens with one attached hydrogen (secondary N) is 1. The number of carboxylic acid groups (broad SMARTS) is 1. The SMILES string of the molecule is O=C(O)C1CC(=C2C=CN(c3cccnc3)C2=O)c2ccc(Cl)cc2N1. The van der Waals surface area contributed by atoms with Gasteiger partial charge in [0.05, 0.1) is 11.9 Å². The van der Waals surface area contributed by atoms with Crippen LogP contribution in [0.25, 0.3) is 5.57 Å². The molecule has 1 atom stereocenters. The van der Waals surface area contributed by atoms with Gasteiger partial charge in [0, 0.05) is 40.7 Å². The minimum Gasteiger partial charge on any atom is -0.480 e. The van der Waals surface area contributed by atoms with E-state index in [0.29, 0.717) is 27.5 Å². The van der Waals surface area contributed by atoms with Crippen molar-refractivity contribution in [3.8, 4) is 0 Å². The first kappa shape index (κ1) is 16.4. The maximum atomic E-state index is 12.9. The molecule has 2 N–H and O–H groups in total. The van der Waals surface area contributed by atoms with E-state index in [1.165, 1.54) is 4.90 Å². The van der Waals surface area contributed by atoms with Gasteiger partial charge in [-0.05, 0) is 35.9 Å². The second kappa shape index (κ2) is 6.31. The zero-order valence-corrected chi connectivity index (χ0v) is 14.3. The summed E-state index contributed by atoms with van der Waals surface area (Å²) in [6, 6.07) is 7.93. The largest absolute Gasteiger partial charge is 0.480 e. The Morgan fingerprint density at radius 3 is 2.92 bits per heavy atom. The summed E-state index contributed by atoms with van der Waals surface area (Å²) >= 11 is 6.04. The van der Waals surface area contributed by atoms with Crippen molar-refractivity contribution < 1.29 is 14.7 Å². The molecule has 2 aromatic rings. The number of rotatable bonds is 2. The lowest BCUT2D eigenvalue weighted by Gasteiger charge is -2.27. The predicted octanol–water partition coefficient (Wildman–Crippen LogP) is 3.32. The van der Waals surface area contributed by atoms with Crippen molar-refractivity contribution in [2.45, 2.75) is 12.5 Å². The van der Waals surface area contributed by atoms with Crippen LogP contribution in [-0.4, -0.2) is 28.0 Å². The van der Waals surface area contributed by atoms with E-state index in [9.17, 15) is 14.7 Å². The Labute approximate surface area is 154 Å². The summed E-state index contributed by atoms with van der Waals surface area (Å²) in [5.41, 5.74) is 3.22. The van der Waals surface area contributed by atoms with Gasteiger partial charge in [0.15, 0.2) is 0 Å². The van der Waals surface area contributed by atoms with Crippen molar-refractivity contribution in [2.75, 3.05) is 10.2 Å². The molecule has 6 nitrogen and oxygen atoms in total. The minimum atomic E-state index is -0.979. The molecule has 2 aliphatic heterocycles. The fourth-order valence-corrected chi connectivity index (χ4v) is 3.38. The van der Waals surface area contributed by atoms with Crippen LogP contribution in [0.5, 0.6) is 0 Å². The van der Waals surface area contributed by atoms with Crippen molar-refractivity contribution in [3.05, 3.63) is 71.2 Å². The number of aromatic nitrogens is 1. The number of pyridine rings is 1. The van der Waals surface area contributed by atoms with Crippen LogP contribution in [0.3, 0.4) is 0 Å². The van der Waals surface area contributed by atoms with E-state index >= 15 is 0 Å². The summed E-state index contributed by atoms with van der Waals surface area (Å²) in [5.74, 6) is -1.19. The summed E-state index contributed by atoms with van der Waals surface area (Å²) in [5, 5.41) is 12.9. The van der Waals surface area contributed by atoms with Crippen LogP contribution in [0.15, 0.2) is 60.6 Å². The Morgan fingerprint density at radius 1 is 1.35 bits per heavy atom. The third-order valence-electron chi connectivity index (χ3n) is 4.43. The highest BCUT2D eigenvalue weighted by Gasteiger charge is 2.33. The first-order chi connectivity index (χ1) is 12.5. The quantitative estimate of drug-likeness (QED) is 0.796. The van der Waals surface area contributed by atoms with Crippen molar-refractivity contribution in [1.29, 1.82) is 0 Å². The van der Waals surface area contributed by atoms with Gasteiger partial charge in [0.25, 0.3) is 5.91 Å². The van der Waals surface area contributed by atoms with Crippen molar-refractivity contribution in [1.82, 2.24) is 4.98 Å². The third kappa shape index (κ3) is 2.74. The van der Waals surface area contributed by atoms with E-state index in [1.54, 1.807) is 55.0 Å². The van der Waals surface area contributed by atoms with Gasteiger partial charge in [-0.2, -0.15) is 0 Å². The lowest BCUT2D eigenvalue weighted by Crippen LogP contribution is -2.33. The van der Waals surface area contributed by atoms with Crippen LogP contribution < -0.4 is 10.2 Å². The number of carbonyl (C=O) groups excluding carboxylic acids is 1. The van der Waals surface area contributed by atoms with Gasteiger partial charge >= 0.3 is 5.97 Å². The molecule has 4 rings (SSSR count). The zero-order chi connectivity index (χ0) is 18.3. The number of anilines is 2. The first-order valence-electron chi connectivity index (χ1n) is 7.99. The number of nitrogens with zero attached hydrogens (tertiary/aromatic N) is 2. The highest BCUT2D eigenvalue weighted by atomic mass is 35.5. The molecule has 1 aromatic heterocycles. The Bertz CT molecular complexity index is 969. The van der Waals surface area contributed by atoms with Gasteiger partial charge in [-0.3, -0.25) is 14.7 Å². The van der Waals surface area contributed by atoms with Gasteiger partial charge in [-0.15, -0.1) is 0 Å². The summed E-state index contributed by atoms with van der Waals surface area (Å²) in [6.07, 6.45) is 6.84. The average Bonchev–Trinajstić information content (AvgIpc) is 3.02. The first-order valence-corrected chi connectivity index (χ1v) is 8.36. The second-order valence-corrected chi connectivity index (χ2v) is 6.46. The highest BCUT2D eigenvalue weighted by molar-refractivity contribution is 6.31. The number of hydrogen-bond donors (Lipinski definition) is 2. The number of benzene rings is 1. The van der Waals surface area contributed by atoms with Gasteiger partial charge in [0.2, 0.25) is 0 Å². The molecule has 130 valence electrons. The topological polar surface area (TPSA) is 82.5 Å². The molecule has 26 heavy (non-hydrogen) atoms. The lowest BCUT2D eigenvalue weighted by molar-refractivity contribution is -0.137. The van der Waals surface area contributed by atoms with Crippen molar-refractivity contribution in [2.24, 2.45) is 0 Å². The Hall–Kier alpha value is -3.12. The molecular weight excluding hydrogens is 354 g/mol. The number of hydrogen-bond acceptors (Lipinski definition) is 4. The molecule has 7 heteroatoms. The molecule has 0 bridgehead atoms. The van der Waals surface area contributed by atoms with E-state index in [2.05, 4.69) is 10.3 Å². The smallest absolute Gasteiger partial charge is 0.326 e. The van der Waals surface area contributed by atoms with Gasteiger partial charge < -0.3 is 10.4 Å². The Kier molecular flexibility index (Phi) is 3.97. The second-order valence-electron chi connectivity index (χ2n) is 6.02. The van der Waals surface area contributed by atoms with Crippen molar-refractivity contribution >= 4 is 40.4 Å². The van der Waals surface area contributed by atoms with Crippen LogP contribution in [0.2, 0.25) is 5.02 Å². The predicted molar refractivity (Wildman–Crippen MR) is 98.9 cm³/mol. The van der Waals surface area contributed by atoms with Crippen LogP contribution in [0.4, 0.5) is 11.4 Å². The third-order valence-corrected chi connectivity index (χ3v) is 4.67. The standard InChI is InChI=1S/C19H14ClN3O3/c20-11-3-4-13-15(9-17(19(25)26)22-16(13)8-11)14-5-7-23(18(14)24)12-2-1-6-21-10-12/h1-8,10,17,22H,9H2,(H,25,26). The summed E-state index contributed by atoms with van der Waals surface area (Å²) in [4.78, 5) is 30.0. The van der Waals surface area contributed by atoms with Crippen LogP contribution >= 0.6 is 11.6 Å². The number of aliphatic carboxylic acids is 1. The molecule has 0 saturated heterocycles. The Balaban J connectivity index is 1.80. The van der Waals surface area contributed by atoms with Crippen LogP contribution in [0.1, 0.15) is 12.0 Å². The number of amides is 1.